The van der Waals surface area contributed by atoms with Crippen molar-refractivity contribution in [1.82, 2.24) is 5.32 Å². The van der Waals surface area contributed by atoms with Crippen LogP contribution in [0.4, 0.5) is 0 Å². The smallest absolute Gasteiger partial charge is 0.121 e. The van der Waals surface area contributed by atoms with Crippen LogP contribution >= 0.6 is 0 Å². The van der Waals surface area contributed by atoms with Crippen LogP contribution < -0.4 is 10.1 Å². The molecule has 0 heterocycles. The molecule has 0 spiro atoms. The molecule has 3 heteroatoms. The van der Waals surface area contributed by atoms with E-state index in [4.69, 9.17) is 4.74 Å². The first-order valence-corrected chi connectivity index (χ1v) is 6.64. The maximum absolute atomic E-state index is 9.38. The average molecular weight is 251 g/mol. The number of hydrogen-bond acceptors (Lipinski definition) is 3. The lowest BCUT2D eigenvalue weighted by Gasteiger charge is -2.17. The molecule has 0 radical (unpaired) electrons. The van der Waals surface area contributed by atoms with E-state index in [1.165, 1.54) is 5.56 Å². The number of ether oxygens (including phenoxy) is 1. The minimum atomic E-state index is -0.457. The molecule has 0 amide bonds. The van der Waals surface area contributed by atoms with Gasteiger partial charge in [-0.3, -0.25) is 0 Å². The number of nitrogens with one attached hydrogen (secondary N) is 1. The summed E-state index contributed by atoms with van der Waals surface area (Å²) in [5.41, 5.74) is 1.31. The summed E-state index contributed by atoms with van der Waals surface area (Å²) in [6.07, 6.45) is 1.55. The molecule has 3 atom stereocenters. The minimum absolute atomic E-state index is 0.180. The summed E-state index contributed by atoms with van der Waals surface area (Å²) in [6.45, 7) is 5.78. The van der Waals surface area contributed by atoms with E-state index in [9.17, 15) is 5.11 Å². The fourth-order valence-corrected chi connectivity index (χ4v) is 1.58. The van der Waals surface area contributed by atoms with Crippen molar-refractivity contribution in [2.24, 2.45) is 0 Å². The van der Waals surface area contributed by atoms with Gasteiger partial charge in [0.25, 0.3) is 0 Å². The third kappa shape index (κ3) is 5.07. The molecule has 0 aliphatic rings. The lowest BCUT2D eigenvalue weighted by Crippen LogP contribution is -2.25. The van der Waals surface area contributed by atoms with E-state index in [-0.39, 0.29) is 6.10 Å². The highest BCUT2D eigenvalue weighted by molar-refractivity contribution is 5.27. The van der Waals surface area contributed by atoms with Gasteiger partial charge in [-0.15, -0.1) is 0 Å². The molecule has 0 fully saturated rings. The fourth-order valence-electron chi connectivity index (χ4n) is 1.58. The Bertz CT molecular complexity index is 335. The predicted molar refractivity (Wildman–Crippen MR) is 75.1 cm³/mol. The van der Waals surface area contributed by atoms with Crippen LogP contribution in [0, 0.1) is 0 Å². The van der Waals surface area contributed by atoms with Crippen molar-refractivity contribution < 1.29 is 9.84 Å². The van der Waals surface area contributed by atoms with Crippen LogP contribution in [0.25, 0.3) is 0 Å². The van der Waals surface area contributed by atoms with E-state index in [1.54, 1.807) is 6.92 Å². The maximum Gasteiger partial charge on any atom is 0.121 e. The molecule has 1 aromatic carbocycles. The molecule has 2 N–H and O–H groups in total. The van der Waals surface area contributed by atoms with Crippen LogP contribution in [0.2, 0.25) is 0 Å². The molecule has 1 rings (SSSR count). The van der Waals surface area contributed by atoms with Gasteiger partial charge >= 0.3 is 0 Å². The number of aryl methyl sites for hydroxylation is 1. The first kappa shape index (κ1) is 15.0. The van der Waals surface area contributed by atoms with E-state index < -0.39 is 6.10 Å². The summed E-state index contributed by atoms with van der Waals surface area (Å²) in [5.74, 6) is 0.814. The maximum atomic E-state index is 9.38. The van der Waals surface area contributed by atoms with E-state index in [2.05, 4.69) is 24.4 Å². The molecule has 3 unspecified atom stereocenters. The second-order valence-corrected chi connectivity index (χ2v) is 4.94. The molecule has 0 bridgehead atoms. The van der Waals surface area contributed by atoms with E-state index >= 15 is 0 Å². The Morgan fingerprint density at radius 2 is 1.78 bits per heavy atom. The molecule has 3 nitrogen and oxygen atoms in total. The Hall–Kier alpha value is -1.06. The number of aliphatic hydroxyl groups is 1. The zero-order valence-electron chi connectivity index (χ0n) is 11.8. The van der Waals surface area contributed by atoms with Crippen LogP contribution in [0.3, 0.4) is 0 Å². The van der Waals surface area contributed by atoms with Crippen LogP contribution in [0.5, 0.6) is 5.75 Å². The van der Waals surface area contributed by atoms with Crippen molar-refractivity contribution in [3.05, 3.63) is 29.8 Å². The molecular weight excluding hydrogens is 226 g/mol. The zero-order valence-corrected chi connectivity index (χ0v) is 11.8. The van der Waals surface area contributed by atoms with Gasteiger partial charge in [0.1, 0.15) is 11.9 Å². The predicted octanol–water partition coefficient (Wildman–Crippen LogP) is 2.38. The molecule has 0 aliphatic heterocycles. The normalized spacial score (nSPS) is 16.1. The van der Waals surface area contributed by atoms with Gasteiger partial charge in [0, 0.05) is 6.04 Å². The number of rotatable bonds is 7. The van der Waals surface area contributed by atoms with Crippen molar-refractivity contribution in [3.8, 4) is 5.75 Å². The Kier molecular flexibility index (Phi) is 6.16. The molecule has 0 saturated heterocycles. The third-order valence-corrected chi connectivity index (χ3v) is 3.28. The van der Waals surface area contributed by atoms with Gasteiger partial charge in [-0.25, -0.2) is 0 Å². The lowest BCUT2D eigenvalue weighted by molar-refractivity contribution is 0.0604. The molecule has 102 valence electrons. The van der Waals surface area contributed by atoms with Gasteiger partial charge in [0.15, 0.2) is 0 Å². The minimum Gasteiger partial charge on any atom is -0.488 e. The summed E-state index contributed by atoms with van der Waals surface area (Å²) < 4.78 is 5.62. The number of aliphatic hydroxyl groups excluding tert-OH is 1. The molecule has 0 aromatic heterocycles. The SMILES string of the molecule is CNC(C)CCc1ccc(OC(C)C(C)O)cc1. The van der Waals surface area contributed by atoms with Crippen LogP contribution in [-0.2, 0) is 6.42 Å². The fraction of sp³-hybridized carbons (Fsp3) is 0.600. The third-order valence-electron chi connectivity index (χ3n) is 3.28. The van der Waals surface area contributed by atoms with Crippen molar-refractivity contribution in [1.29, 1.82) is 0 Å². The van der Waals surface area contributed by atoms with Crippen LogP contribution in [0.15, 0.2) is 24.3 Å². The zero-order chi connectivity index (χ0) is 13.5. The van der Waals surface area contributed by atoms with Gasteiger partial charge in [0.05, 0.1) is 6.10 Å². The molecular formula is C15H25NO2. The first-order valence-electron chi connectivity index (χ1n) is 6.64. The van der Waals surface area contributed by atoms with E-state index in [0.29, 0.717) is 6.04 Å². The quantitative estimate of drug-likeness (QED) is 0.782. The second kappa shape index (κ2) is 7.39. The Balaban J connectivity index is 2.47. The number of hydrogen-bond donors (Lipinski definition) is 2. The van der Waals surface area contributed by atoms with Crippen molar-refractivity contribution in [3.63, 3.8) is 0 Å². The summed E-state index contributed by atoms with van der Waals surface area (Å²) in [7, 11) is 1.99. The van der Waals surface area contributed by atoms with Crippen LogP contribution in [-0.4, -0.2) is 30.4 Å². The van der Waals surface area contributed by atoms with E-state index in [0.717, 1.165) is 18.6 Å². The molecule has 18 heavy (non-hydrogen) atoms. The Morgan fingerprint density at radius 3 is 2.28 bits per heavy atom. The second-order valence-electron chi connectivity index (χ2n) is 4.94. The highest BCUT2D eigenvalue weighted by Gasteiger charge is 2.10. The topological polar surface area (TPSA) is 41.5 Å². The summed E-state index contributed by atoms with van der Waals surface area (Å²) >= 11 is 0. The van der Waals surface area contributed by atoms with Gasteiger partial charge < -0.3 is 15.2 Å². The van der Waals surface area contributed by atoms with Gasteiger partial charge in [-0.05, 0) is 58.4 Å². The Morgan fingerprint density at radius 1 is 1.17 bits per heavy atom. The van der Waals surface area contributed by atoms with Gasteiger partial charge in [-0.2, -0.15) is 0 Å². The summed E-state index contributed by atoms with van der Waals surface area (Å²) in [4.78, 5) is 0. The van der Waals surface area contributed by atoms with Gasteiger partial charge in [0.2, 0.25) is 0 Å². The standard InChI is InChI=1S/C15H25NO2/c1-11(16-4)5-6-14-7-9-15(10-8-14)18-13(3)12(2)17/h7-13,16-17H,5-6H2,1-4H3. The highest BCUT2D eigenvalue weighted by atomic mass is 16.5. The first-order chi connectivity index (χ1) is 8.52. The monoisotopic (exact) mass is 251 g/mol. The summed E-state index contributed by atoms with van der Waals surface area (Å²) in [5, 5.41) is 12.6. The largest absolute Gasteiger partial charge is 0.488 e. The van der Waals surface area contributed by atoms with Crippen molar-refractivity contribution in [2.45, 2.75) is 51.9 Å². The molecule has 0 aliphatic carbocycles. The average Bonchev–Trinajstić information content (AvgIpc) is 2.37. The van der Waals surface area contributed by atoms with Crippen LogP contribution in [0.1, 0.15) is 32.8 Å². The number of benzene rings is 1. The Labute approximate surface area is 110 Å². The molecule has 1 aromatic rings. The lowest BCUT2D eigenvalue weighted by atomic mass is 10.1. The van der Waals surface area contributed by atoms with Crippen molar-refractivity contribution >= 4 is 0 Å². The summed E-state index contributed by atoms with van der Waals surface area (Å²) in [6, 6.07) is 8.66. The molecule has 0 saturated carbocycles. The van der Waals surface area contributed by atoms with E-state index in [1.807, 2.05) is 26.1 Å². The van der Waals surface area contributed by atoms with Gasteiger partial charge in [-0.1, -0.05) is 12.1 Å². The highest BCUT2D eigenvalue weighted by Crippen LogP contribution is 2.16. The van der Waals surface area contributed by atoms with Crippen molar-refractivity contribution in [2.75, 3.05) is 7.05 Å².